The van der Waals surface area contributed by atoms with Gasteiger partial charge in [0.1, 0.15) is 0 Å². The summed E-state index contributed by atoms with van der Waals surface area (Å²) in [7, 11) is 0. The number of alkyl halides is 1. The van der Waals surface area contributed by atoms with Crippen LogP contribution in [0, 0.1) is 5.92 Å². The normalized spacial score (nSPS) is 19.0. The van der Waals surface area contributed by atoms with Gasteiger partial charge in [-0.2, -0.15) is 0 Å². The van der Waals surface area contributed by atoms with Crippen LogP contribution in [-0.2, 0) is 0 Å². The highest BCUT2D eigenvalue weighted by Gasteiger charge is 2.33. The summed E-state index contributed by atoms with van der Waals surface area (Å²) in [6.45, 7) is 5.94. The Balaban J connectivity index is 2.41. The third kappa shape index (κ3) is 7.96. The van der Waals surface area contributed by atoms with Gasteiger partial charge in [0.05, 0.1) is 26.2 Å². The molecule has 0 aromatic rings. The van der Waals surface area contributed by atoms with Gasteiger partial charge < -0.3 is 14.7 Å². The Morgan fingerprint density at radius 3 is 2.19 bits per heavy atom. The smallest absolute Gasteiger partial charge is 0.0816 e. The van der Waals surface area contributed by atoms with E-state index in [-0.39, 0.29) is 0 Å². The fourth-order valence-corrected chi connectivity index (χ4v) is 4.16. The van der Waals surface area contributed by atoms with Crippen LogP contribution < -0.4 is 0 Å². The molecule has 3 nitrogen and oxygen atoms in total. The minimum atomic E-state index is 0.337. The molecule has 126 valence electrons. The molecule has 1 heterocycles. The number of aliphatic hydroxyl groups excluding tert-OH is 2. The van der Waals surface area contributed by atoms with Gasteiger partial charge in [-0.05, 0) is 38.5 Å². The molecule has 4 heteroatoms. The van der Waals surface area contributed by atoms with Gasteiger partial charge in [0.15, 0.2) is 0 Å². The van der Waals surface area contributed by atoms with Crippen LogP contribution in [0.1, 0.15) is 57.8 Å². The molecule has 0 amide bonds. The lowest BCUT2D eigenvalue weighted by Gasteiger charge is -2.37. The molecule has 0 aromatic heterocycles. The van der Waals surface area contributed by atoms with Gasteiger partial charge in [-0.1, -0.05) is 22.4 Å². The molecule has 1 atom stereocenters. The van der Waals surface area contributed by atoms with Gasteiger partial charge in [0.2, 0.25) is 0 Å². The molecular formula is C17H35BrNO2+. The van der Waals surface area contributed by atoms with E-state index in [0.717, 1.165) is 18.2 Å². The summed E-state index contributed by atoms with van der Waals surface area (Å²) < 4.78 is 1.30. The van der Waals surface area contributed by atoms with Crippen molar-refractivity contribution in [3.63, 3.8) is 0 Å². The summed E-state index contributed by atoms with van der Waals surface area (Å²) in [5, 5.41) is 19.3. The lowest BCUT2D eigenvalue weighted by Crippen LogP contribution is -2.49. The molecule has 1 aliphatic rings. The molecule has 0 bridgehead atoms. The van der Waals surface area contributed by atoms with Crippen molar-refractivity contribution in [3.8, 4) is 0 Å². The molecule has 0 aliphatic carbocycles. The number of quaternary nitrogens is 1. The number of hydrogen-bond acceptors (Lipinski definition) is 2. The van der Waals surface area contributed by atoms with Gasteiger partial charge in [0, 0.05) is 37.3 Å². The summed E-state index contributed by atoms with van der Waals surface area (Å²) in [6, 6.07) is 0. The number of rotatable bonds is 13. The first-order valence-corrected chi connectivity index (χ1v) is 10.0. The second-order valence-electron chi connectivity index (χ2n) is 6.75. The number of unbranched alkanes of at least 4 members (excludes halogenated alkanes) is 3. The molecule has 0 aromatic carbocycles. The Kier molecular flexibility index (Phi) is 11.0. The molecular weight excluding hydrogens is 330 g/mol. The molecule has 1 aliphatic heterocycles. The Labute approximate surface area is 139 Å². The maximum absolute atomic E-state index is 9.32. The van der Waals surface area contributed by atoms with Crippen LogP contribution in [0.4, 0.5) is 0 Å². The van der Waals surface area contributed by atoms with Gasteiger partial charge in [0.25, 0.3) is 0 Å². The monoisotopic (exact) mass is 364 g/mol. The quantitative estimate of drug-likeness (QED) is 0.299. The fourth-order valence-electron chi connectivity index (χ4n) is 3.84. The van der Waals surface area contributed by atoms with Gasteiger partial charge in [-0.15, -0.1) is 0 Å². The van der Waals surface area contributed by atoms with Crippen molar-refractivity contribution in [1.29, 1.82) is 0 Å². The molecule has 1 rings (SSSR count). The zero-order valence-electron chi connectivity index (χ0n) is 13.6. The highest BCUT2D eigenvalue weighted by Crippen LogP contribution is 2.26. The first kappa shape index (κ1) is 19.4. The summed E-state index contributed by atoms with van der Waals surface area (Å²) in [6.07, 6.45) is 10.9. The van der Waals surface area contributed by atoms with Gasteiger partial charge >= 0.3 is 0 Å². The summed E-state index contributed by atoms with van der Waals surface area (Å²) in [5.41, 5.74) is 0. The predicted octanol–water partition coefficient (Wildman–Crippen LogP) is 3.32. The number of likely N-dealkylation sites (tertiary alicyclic amines) is 1. The molecule has 21 heavy (non-hydrogen) atoms. The number of aliphatic hydroxyl groups is 2. The second kappa shape index (κ2) is 11.9. The zero-order chi connectivity index (χ0) is 15.4. The van der Waals surface area contributed by atoms with Crippen LogP contribution in [0.25, 0.3) is 0 Å². The standard InChI is InChI=1S/C17H35BrNO2/c18-10-7-8-17(9-15-21)16-19(12-4-5-13-19)11-3-1-2-6-14-20/h17,20-21H,1-16H2/q+1. The van der Waals surface area contributed by atoms with Gasteiger partial charge in [-0.3, -0.25) is 0 Å². The third-order valence-corrected chi connectivity index (χ3v) is 5.55. The van der Waals surface area contributed by atoms with Crippen LogP contribution in [0.3, 0.4) is 0 Å². The average molecular weight is 365 g/mol. The minimum absolute atomic E-state index is 0.337. The maximum Gasteiger partial charge on any atom is 0.0816 e. The third-order valence-electron chi connectivity index (χ3n) is 4.98. The molecule has 0 spiro atoms. The summed E-state index contributed by atoms with van der Waals surface area (Å²) >= 11 is 3.53. The van der Waals surface area contributed by atoms with E-state index in [0.29, 0.717) is 19.1 Å². The number of hydrogen-bond donors (Lipinski definition) is 2. The molecule has 1 saturated heterocycles. The van der Waals surface area contributed by atoms with Crippen molar-refractivity contribution in [3.05, 3.63) is 0 Å². The Hall–Kier alpha value is 0.360. The highest BCUT2D eigenvalue weighted by molar-refractivity contribution is 9.09. The van der Waals surface area contributed by atoms with Gasteiger partial charge in [-0.25, -0.2) is 0 Å². The highest BCUT2D eigenvalue weighted by atomic mass is 79.9. The molecule has 1 unspecified atom stereocenters. The summed E-state index contributed by atoms with van der Waals surface area (Å²) in [4.78, 5) is 0. The summed E-state index contributed by atoms with van der Waals surface area (Å²) in [5.74, 6) is 0.683. The van der Waals surface area contributed by atoms with Crippen molar-refractivity contribution >= 4 is 15.9 Å². The molecule has 1 fully saturated rings. The van der Waals surface area contributed by atoms with Crippen LogP contribution in [-0.4, -0.2) is 59.4 Å². The van der Waals surface area contributed by atoms with Crippen molar-refractivity contribution < 1.29 is 14.7 Å². The molecule has 2 N–H and O–H groups in total. The van der Waals surface area contributed by atoms with E-state index in [9.17, 15) is 5.11 Å². The second-order valence-corrected chi connectivity index (χ2v) is 7.54. The van der Waals surface area contributed by atoms with E-state index in [1.54, 1.807) is 0 Å². The Morgan fingerprint density at radius 2 is 1.57 bits per heavy atom. The van der Waals surface area contributed by atoms with Crippen molar-refractivity contribution in [2.45, 2.75) is 57.8 Å². The number of nitrogens with zero attached hydrogens (tertiary/aromatic N) is 1. The predicted molar refractivity (Wildman–Crippen MR) is 92.7 cm³/mol. The molecule has 0 radical (unpaired) electrons. The van der Waals surface area contributed by atoms with Crippen molar-refractivity contribution in [1.82, 2.24) is 0 Å². The SMILES string of the molecule is OCCCCCC[N+]1(CC(CCO)CCCBr)CCCC1. The number of halogens is 1. The van der Waals surface area contributed by atoms with Crippen LogP contribution in [0.5, 0.6) is 0 Å². The van der Waals surface area contributed by atoms with E-state index in [1.165, 1.54) is 75.6 Å². The van der Waals surface area contributed by atoms with E-state index < -0.39 is 0 Å². The zero-order valence-corrected chi connectivity index (χ0v) is 15.2. The van der Waals surface area contributed by atoms with Crippen LogP contribution in [0.2, 0.25) is 0 Å². The lowest BCUT2D eigenvalue weighted by molar-refractivity contribution is -0.920. The van der Waals surface area contributed by atoms with Crippen LogP contribution in [0.15, 0.2) is 0 Å². The first-order valence-electron chi connectivity index (χ1n) is 8.89. The largest absolute Gasteiger partial charge is 0.396 e. The lowest BCUT2D eigenvalue weighted by atomic mass is 9.98. The van der Waals surface area contributed by atoms with E-state index in [2.05, 4.69) is 15.9 Å². The maximum atomic E-state index is 9.32. The van der Waals surface area contributed by atoms with Crippen LogP contribution >= 0.6 is 15.9 Å². The van der Waals surface area contributed by atoms with E-state index in [1.807, 2.05) is 0 Å². The van der Waals surface area contributed by atoms with Crippen molar-refractivity contribution in [2.24, 2.45) is 5.92 Å². The molecule has 0 saturated carbocycles. The van der Waals surface area contributed by atoms with E-state index in [4.69, 9.17) is 5.11 Å². The first-order chi connectivity index (χ1) is 10.3. The average Bonchev–Trinajstić information content (AvgIpc) is 2.93. The Bertz CT molecular complexity index is 245. The van der Waals surface area contributed by atoms with E-state index >= 15 is 0 Å². The Morgan fingerprint density at radius 1 is 0.857 bits per heavy atom. The minimum Gasteiger partial charge on any atom is -0.396 e. The topological polar surface area (TPSA) is 40.5 Å². The van der Waals surface area contributed by atoms with Crippen molar-refractivity contribution in [2.75, 3.05) is 44.7 Å². The fraction of sp³-hybridized carbons (Fsp3) is 1.00.